The van der Waals surface area contributed by atoms with Crippen molar-refractivity contribution in [2.75, 3.05) is 11.3 Å². The lowest BCUT2D eigenvalue weighted by Crippen LogP contribution is -2.30. The summed E-state index contributed by atoms with van der Waals surface area (Å²) in [6, 6.07) is 4.98. The predicted octanol–water partition coefficient (Wildman–Crippen LogP) is 1.35. The molecule has 0 unspecified atom stereocenters. The molecule has 7 heteroatoms. The Morgan fingerprint density at radius 3 is 2.76 bits per heavy atom. The molecule has 0 spiro atoms. The van der Waals surface area contributed by atoms with Gasteiger partial charge in [0.05, 0.1) is 11.3 Å². The highest BCUT2D eigenvalue weighted by molar-refractivity contribution is 7.90. The van der Waals surface area contributed by atoms with Crippen LogP contribution in [0, 0.1) is 17.1 Å². The lowest BCUT2D eigenvalue weighted by atomic mass is 10.2. The minimum absolute atomic E-state index is 0.0532. The first-order valence-electron chi connectivity index (χ1n) is 4.95. The molecule has 0 radical (unpaired) electrons. The Morgan fingerprint density at radius 1 is 1.47 bits per heavy atom. The smallest absolute Gasteiger partial charge is 0.270 e. The molecule has 1 rings (SSSR count). The van der Waals surface area contributed by atoms with Gasteiger partial charge in [-0.2, -0.15) is 18.4 Å². The van der Waals surface area contributed by atoms with Gasteiger partial charge in [-0.05, 0) is 24.6 Å². The van der Waals surface area contributed by atoms with Gasteiger partial charge in [-0.3, -0.25) is 4.72 Å². The minimum atomic E-state index is -3.72. The van der Waals surface area contributed by atoms with Crippen LogP contribution in [0.25, 0.3) is 0 Å². The number of anilines is 1. The summed E-state index contributed by atoms with van der Waals surface area (Å²) in [4.78, 5) is 0. The van der Waals surface area contributed by atoms with Crippen LogP contribution in [0.2, 0.25) is 0 Å². The second-order valence-corrected chi connectivity index (χ2v) is 4.80. The number of nitrogens with one attached hydrogen (secondary N) is 2. The van der Waals surface area contributed by atoms with E-state index in [1.165, 1.54) is 6.07 Å². The number of hydrogen-bond donors (Lipinski definition) is 2. The number of rotatable bonds is 5. The van der Waals surface area contributed by atoms with Crippen molar-refractivity contribution in [1.82, 2.24) is 4.72 Å². The van der Waals surface area contributed by atoms with Crippen molar-refractivity contribution in [2.24, 2.45) is 0 Å². The molecule has 0 saturated heterocycles. The van der Waals surface area contributed by atoms with E-state index in [0.717, 1.165) is 12.1 Å². The molecule has 2 N–H and O–H groups in total. The Balaban J connectivity index is 2.92. The van der Waals surface area contributed by atoms with Crippen molar-refractivity contribution in [1.29, 1.82) is 5.26 Å². The zero-order chi connectivity index (χ0) is 12.9. The van der Waals surface area contributed by atoms with Crippen molar-refractivity contribution >= 4 is 15.9 Å². The van der Waals surface area contributed by atoms with Gasteiger partial charge in [0.2, 0.25) is 0 Å². The number of halogens is 1. The average molecular weight is 257 g/mol. The third-order valence-corrected chi connectivity index (χ3v) is 2.96. The number of nitrogens with zero attached hydrogens (tertiary/aromatic N) is 1. The van der Waals surface area contributed by atoms with Crippen molar-refractivity contribution in [3.63, 3.8) is 0 Å². The van der Waals surface area contributed by atoms with Gasteiger partial charge in [0.1, 0.15) is 11.9 Å². The number of nitriles is 1. The molecular weight excluding hydrogens is 245 g/mol. The second-order valence-electron chi connectivity index (χ2n) is 3.30. The topological polar surface area (TPSA) is 82.0 Å². The van der Waals surface area contributed by atoms with Crippen LogP contribution in [-0.2, 0) is 10.2 Å². The Morgan fingerprint density at radius 2 is 2.18 bits per heavy atom. The third kappa shape index (κ3) is 4.01. The van der Waals surface area contributed by atoms with Crippen LogP contribution in [0.1, 0.15) is 18.9 Å². The zero-order valence-corrected chi connectivity index (χ0v) is 10.0. The molecule has 5 nitrogen and oxygen atoms in total. The predicted molar refractivity (Wildman–Crippen MR) is 62.0 cm³/mol. The van der Waals surface area contributed by atoms with Gasteiger partial charge < -0.3 is 0 Å². The SMILES string of the molecule is CCCNS(=O)(=O)Nc1ccc(F)cc1C#N. The maximum Gasteiger partial charge on any atom is 0.299 e. The minimum Gasteiger partial charge on any atom is -0.270 e. The second kappa shape index (κ2) is 5.61. The quantitative estimate of drug-likeness (QED) is 0.835. The molecule has 0 aromatic heterocycles. The van der Waals surface area contributed by atoms with Crippen LogP contribution in [0.4, 0.5) is 10.1 Å². The molecule has 0 saturated carbocycles. The standard InChI is InChI=1S/C10H12FN3O2S/c1-2-5-13-17(15,16)14-10-4-3-9(11)6-8(10)7-12/h3-4,6,13-14H,2,5H2,1H3. The molecular formula is C10H12FN3O2S. The Kier molecular flexibility index (Phi) is 4.43. The summed E-state index contributed by atoms with van der Waals surface area (Å²) in [5.74, 6) is -0.592. The molecule has 0 fully saturated rings. The molecule has 0 heterocycles. The summed E-state index contributed by atoms with van der Waals surface area (Å²) in [6.07, 6.45) is 0.648. The summed E-state index contributed by atoms with van der Waals surface area (Å²) in [6.45, 7) is 2.11. The van der Waals surface area contributed by atoms with Crippen molar-refractivity contribution in [3.05, 3.63) is 29.6 Å². The molecule has 1 aromatic carbocycles. The van der Waals surface area contributed by atoms with E-state index in [2.05, 4.69) is 9.44 Å². The van der Waals surface area contributed by atoms with Crippen LogP contribution in [-0.4, -0.2) is 15.0 Å². The van der Waals surface area contributed by atoms with E-state index in [-0.39, 0.29) is 11.3 Å². The lowest BCUT2D eigenvalue weighted by molar-refractivity contribution is 0.586. The van der Waals surface area contributed by atoms with Crippen molar-refractivity contribution < 1.29 is 12.8 Å². The van der Waals surface area contributed by atoms with Gasteiger partial charge in [0.25, 0.3) is 10.2 Å². The first kappa shape index (κ1) is 13.4. The zero-order valence-electron chi connectivity index (χ0n) is 9.20. The number of hydrogen-bond acceptors (Lipinski definition) is 3. The number of benzene rings is 1. The first-order valence-corrected chi connectivity index (χ1v) is 6.44. The highest BCUT2D eigenvalue weighted by Crippen LogP contribution is 2.16. The largest absolute Gasteiger partial charge is 0.299 e. The normalized spacial score (nSPS) is 10.9. The van der Waals surface area contributed by atoms with Crippen molar-refractivity contribution in [2.45, 2.75) is 13.3 Å². The lowest BCUT2D eigenvalue weighted by Gasteiger charge is -2.09. The van der Waals surface area contributed by atoms with E-state index in [0.29, 0.717) is 13.0 Å². The fourth-order valence-electron chi connectivity index (χ4n) is 1.12. The molecule has 0 atom stereocenters. The first-order chi connectivity index (χ1) is 7.98. The highest BCUT2D eigenvalue weighted by Gasteiger charge is 2.12. The molecule has 17 heavy (non-hydrogen) atoms. The maximum atomic E-state index is 12.8. The van der Waals surface area contributed by atoms with Crippen LogP contribution in [0.5, 0.6) is 0 Å². The molecule has 1 aromatic rings. The molecule has 92 valence electrons. The maximum absolute atomic E-state index is 12.8. The van der Waals surface area contributed by atoms with Gasteiger partial charge in [-0.25, -0.2) is 4.39 Å². The summed E-state index contributed by atoms with van der Waals surface area (Å²) < 4.78 is 40.3. The monoisotopic (exact) mass is 257 g/mol. The molecule has 0 aliphatic heterocycles. The van der Waals surface area contributed by atoms with E-state index in [1.54, 1.807) is 6.07 Å². The van der Waals surface area contributed by atoms with Gasteiger partial charge in [-0.1, -0.05) is 6.92 Å². The molecule has 0 aliphatic carbocycles. The van der Waals surface area contributed by atoms with E-state index in [4.69, 9.17) is 5.26 Å². The van der Waals surface area contributed by atoms with E-state index in [9.17, 15) is 12.8 Å². The van der Waals surface area contributed by atoms with Gasteiger partial charge in [0.15, 0.2) is 0 Å². The molecule has 0 amide bonds. The molecule has 0 bridgehead atoms. The Hall–Kier alpha value is -1.65. The van der Waals surface area contributed by atoms with E-state index < -0.39 is 16.0 Å². The summed E-state index contributed by atoms with van der Waals surface area (Å²) in [7, 11) is -3.72. The van der Waals surface area contributed by atoms with Crippen molar-refractivity contribution in [3.8, 4) is 6.07 Å². The highest BCUT2D eigenvalue weighted by atomic mass is 32.2. The summed E-state index contributed by atoms with van der Waals surface area (Å²) in [5, 5.41) is 8.74. The summed E-state index contributed by atoms with van der Waals surface area (Å²) in [5.41, 5.74) is -0.00984. The van der Waals surface area contributed by atoms with Gasteiger partial charge in [-0.15, -0.1) is 0 Å². The van der Waals surface area contributed by atoms with Crippen LogP contribution in [0.15, 0.2) is 18.2 Å². The van der Waals surface area contributed by atoms with E-state index >= 15 is 0 Å². The summed E-state index contributed by atoms with van der Waals surface area (Å²) >= 11 is 0. The molecule has 0 aliphatic rings. The Bertz CT molecular complexity index is 537. The third-order valence-electron chi connectivity index (χ3n) is 1.89. The van der Waals surface area contributed by atoms with Gasteiger partial charge in [0, 0.05) is 6.54 Å². The van der Waals surface area contributed by atoms with Crippen LogP contribution < -0.4 is 9.44 Å². The van der Waals surface area contributed by atoms with Crippen LogP contribution >= 0.6 is 0 Å². The fraction of sp³-hybridized carbons (Fsp3) is 0.300. The van der Waals surface area contributed by atoms with Crippen LogP contribution in [0.3, 0.4) is 0 Å². The average Bonchev–Trinajstić information content (AvgIpc) is 2.28. The van der Waals surface area contributed by atoms with Gasteiger partial charge >= 0.3 is 0 Å². The van der Waals surface area contributed by atoms with E-state index in [1.807, 2.05) is 6.92 Å². The Labute approximate surface area is 99.4 Å². The fourth-order valence-corrected chi connectivity index (χ4v) is 2.13.